The lowest BCUT2D eigenvalue weighted by atomic mass is 9.66. The lowest BCUT2D eigenvalue weighted by Crippen LogP contribution is -2.43. The van der Waals surface area contributed by atoms with Crippen LogP contribution in [0.5, 0.6) is 0 Å². The molecular weight excluding hydrogens is 392 g/mol. The van der Waals surface area contributed by atoms with E-state index < -0.39 is 0 Å². The predicted molar refractivity (Wildman–Crippen MR) is 120 cm³/mol. The molecule has 0 N–H and O–H groups in total. The summed E-state index contributed by atoms with van der Waals surface area (Å²) in [6, 6.07) is 9.15. The van der Waals surface area contributed by atoms with Crippen molar-refractivity contribution in [3.05, 3.63) is 47.5 Å². The van der Waals surface area contributed by atoms with Crippen LogP contribution in [0, 0.1) is 23.2 Å². The van der Waals surface area contributed by atoms with Gasteiger partial charge in [-0.05, 0) is 50.7 Å². The second kappa shape index (κ2) is 9.56. The molecule has 0 bridgehead atoms. The van der Waals surface area contributed by atoms with E-state index in [1.54, 1.807) is 12.1 Å². The Labute approximate surface area is 186 Å². The standard InChI is InChI=1S/C26H36O5/c1-16(15-29-20(5)27)12-13-22-18(3)24-23(31-22)14-17(2)26(24,6)19(4)30-25(28)21-10-8-7-9-11-21/h7-11,14,16,18-19,22-24H,12-13,15H2,1-6H3/t16-,18-,19-,22-,23+,24+,26-/m1/s1. The van der Waals surface area contributed by atoms with E-state index in [0.717, 1.165) is 12.8 Å². The number of rotatable bonds is 8. The molecule has 5 nitrogen and oxygen atoms in total. The normalized spacial score (nSPS) is 31.5. The van der Waals surface area contributed by atoms with Crippen LogP contribution in [0.25, 0.3) is 0 Å². The SMILES string of the molecule is CC(=O)OC[C@H](C)CC[C@H]1O[C@H]2C=C(C)[C@](C)([C@@H](C)OC(=O)c3ccccc3)[C@H]2[C@@H]1C. The van der Waals surface area contributed by atoms with Gasteiger partial charge in [0.2, 0.25) is 0 Å². The van der Waals surface area contributed by atoms with E-state index in [-0.39, 0.29) is 41.6 Å². The molecule has 1 saturated heterocycles. The van der Waals surface area contributed by atoms with Crippen molar-refractivity contribution >= 4 is 11.9 Å². The van der Waals surface area contributed by atoms with E-state index in [1.165, 1.54) is 12.5 Å². The number of ether oxygens (including phenoxy) is 3. The summed E-state index contributed by atoms with van der Waals surface area (Å²) in [7, 11) is 0. The van der Waals surface area contributed by atoms with Crippen molar-refractivity contribution in [2.75, 3.05) is 6.61 Å². The molecule has 0 spiro atoms. The molecule has 0 amide bonds. The number of carbonyl (C=O) groups excluding carboxylic acids is 2. The van der Waals surface area contributed by atoms with Crippen LogP contribution >= 0.6 is 0 Å². The van der Waals surface area contributed by atoms with Gasteiger partial charge in [0.1, 0.15) is 6.10 Å². The van der Waals surface area contributed by atoms with Gasteiger partial charge < -0.3 is 14.2 Å². The zero-order valence-corrected chi connectivity index (χ0v) is 19.6. The Morgan fingerprint density at radius 2 is 1.87 bits per heavy atom. The maximum atomic E-state index is 12.7. The zero-order valence-electron chi connectivity index (χ0n) is 19.6. The summed E-state index contributed by atoms with van der Waals surface area (Å²) in [4.78, 5) is 23.7. The van der Waals surface area contributed by atoms with Crippen molar-refractivity contribution in [2.24, 2.45) is 23.2 Å². The number of benzene rings is 1. The molecule has 1 fully saturated rings. The quantitative estimate of drug-likeness (QED) is 0.421. The van der Waals surface area contributed by atoms with Gasteiger partial charge in [0, 0.05) is 18.3 Å². The maximum Gasteiger partial charge on any atom is 0.338 e. The number of carbonyl (C=O) groups is 2. The predicted octanol–water partition coefficient (Wildman–Crippen LogP) is 5.20. The lowest BCUT2D eigenvalue weighted by molar-refractivity contribution is -0.142. The maximum absolute atomic E-state index is 12.7. The molecule has 1 aliphatic heterocycles. The Kier molecular flexibility index (Phi) is 7.25. The van der Waals surface area contributed by atoms with Crippen molar-refractivity contribution in [3.63, 3.8) is 0 Å². The number of fused-ring (bicyclic) bond motifs is 1. The van der Waals surface area contributed by atoms with E-state index in [2.05, 4.69) is 33.8 Å². The molecule has 170 valence electrons. The molecule has 0 unspecified atom stereocenters. The van der Waals surface area contributed by atoms with Crippen LogP contribution < -0.4 is 0 Å². The van der Waals surface area contributed by atoms with Crippen LogP contribution in [0.15, 0.2) is 42.0 Å². The lowest BCUT2D eigenvalue weighted by Gasteiger charge is -2.40. The number of esters is 2. The third kappa shape index (κ3) is 4.87. The topological polar surface area (TPSA) is 61.8 Å². The third-order valence-electron chi connectivity index (χ3n) is 7.45. The minimum Gasteiger partial charge on any atom is -0.466 e. The van der Waals surface area contributed by atoms with Crippen LogP contribution in [0.2, 0.25) is 0 Å². The first-order valence-electron chi connectivity index (χ1n) is 11.4. The summed E-state index contributed by atoms with van der Waals surface area (Å²) in [6.45, 7) is 12.6. The molecule has 1 heterocycles. The molecule has 1 aromatic rings. The summed E-state index contributed by atoms with van der Waals surface area (Å²) in [5.74, 6) is 0.382. The molecule has 1 aromatic carbocycles. The van der Waals surface area contributed by atoms with Crippen molar-refractivity contribution in [3.8, 4) is 0 Å². The molecule has 1 aliphatic carbocycles. The minimum atomic E-state index is -0.284. The monoisotopic (exact) mass is 428 g/mol. The van der Waals surface area contributed by atoms with Gasteiger partial charge in [-0.3, -0.25) is 4.79 Å². The highest BCUT2D eigenvalue weighted by atomic mass is 16.5. The summed E-state index contributed by atoms with van der Waals surface area (Å²) >= 11 is 0. The molecule has 7 atom stereocenters. The molecular formula is C26H36O5. The van der Waals surface area contributed by atoms with Gasteiger partial charge >= 0.3 is 11.9 Å². The number of hydrogen-bond acceptors (Lipinski definition) is 5. The Hall–Kier alpha value is -2.14. The molecule has 0 radical (unpaired) electrons. The minimum absolute atomic E-state index is 0.0478. The number of hydrogen-bond donors (Lipinski definition) is 0. The van der Waals surface area contributed by atoms with Crippen LogP contribution in [0.1, 0.15) is 64.7 Å². The fourth-order valence-electron chi connectivity index (χ4n) is 5.30. The van der Waals surface area contributed by atoms with Gasteiger partial charge in [0.25, 0.3) is 0 Å². The summed E-state index contributed by atoms with van der Waals surface area (Å²) in [5, 5.41) is 0. The molecule has 5 heteroatoms. The highest BCUT2D eigenvalue weighted by Gasteiger charge is 2.57. The van der Waals surface area contributed by atoms with Gasteiger partial charge in [-0.25, -0.2) is 4.79 Å². The van der Waals surface area contributed by atoms with Gasteiger partial charge in [-0.2, -0.15) is 0 Å². The van der Waals surface area contributed by atoms with Gasteiger partial charge in [-0.15, -0.1) is 0 Å². The second-order valence-corrected chi connectivity index (χ2v) is 9.56. The Morgan fingerprint density at radius 3 is 2.52 bits per heavy atom. The highest BCUT2D eigenvalue weighted by Crippen LogP contribution is 2.56. The first-order valence-corrected chi connectivity index (χ1v) is 11.4. The Morgan fingerprint density at radius 1 is 1.19 bits per heavy atom. The molecule has 31 heavy (non-hydrogen) atoms. The third-order valence-corrected chi connectivity index (χ3v) is 7.45. The average Bonchev–Trinajstić information content (AvgIpc) is 3.18. The molecule has 0 saturated carbocycles. The van der Waals surface area contributed by atoms with E-state index >= 15 is 0 Å². The Bertz CT molecular complexity index is 816. The van der Waals surface area contributed by atoms with Crippen molar-refractivity contribution < 1.29 is 23.8 Å². The van der Waals surface area contributed by atoms with E-state index in [1.807, 2.05) is 25.1 Å². The van der Waals surface area contributed by atoms with Crippen molar-refractivity contribution in [2.45, 2.75) is 72.7 Å². The van der Waals surface area contributed by atoms with E-state index in [4.69, 9.17) is 14.2 Å². The van der Waals surface area contributed by atoms with Crippen molar-refractivity contribution in [1.29, 1.82) is 0 Å². The van der Waals surface area contributed by atoms with Crippen LogP contribution in [-0.2, 0) is 19.0 Å². The van der Waals surface area contributed by atoms with Gasteiger partial charge in [-0.1, -0.05) is 50.6 Å². The van der Waals surface area contributed by atoms with Crippen LogP contribution in [0.4, 0.5) is 0 Å². The zero-order chi connectivity index (χ0) is 22.8. The van der Waals surface area contributed by atoms with Crippen LogP contribution in [-0.4, -0.2) is 36.9 Å². The van der Waals surface area contributed by atoms with Crippen molar-refractivity contribution in [1.82, 2.24) is 0 Å². The summed E-state index contributed by atoms with van der Waals surface area (Å²) < 4.78 is 17.5. The fraction of sp³-hybridized carbons (Fsp3) is 0.615. The van der Waals surface area contributed by atoms with Gasteiger partial charge in [0.05, 0.1) is 24.4 Å². The first kappa shape index (κ1) is 23.5. The molecule has 2 aliphatic rings. The average molecular weight is 429 g/mol. The van der Waals surface area contributed by atoms with E-state index in [9.17, 15) is 9.59 Å². The fourth-order valence-corrected chi connectivity index (χ4v) is 5.30. The van der Waals surface area contributed by atoms with Gasteiger partial charge in [0.15, 0.2) is 0 Å². The summed E-state index contributed by atoms with van der Waals surface area (Å²) in [5.41, 5.74) is 1.53. The highest BCUT2D eigenvalue weighted by molar-refractivity contribution is 5.89. The van der Waals surface area contributed by atoms with E-state index in [0.29, 0.717) is 24.0 Å². The first-order chi connectivity index (χ1) is 14.6. The largest absolute Gasteiger partial charge is 0.466 e. The Balaban J connectivity index is 1.65. The molecule has 3 rings (SSSR count). The molecule has 0 aromatic heterocycles. The smallest absolute Gasteiger partial charge is 0.338 e. The summed E-state index contributed by atoms with van der Waals surface area (Å²) in [6.07, 6.45) is 4.02. The second-order valence-electron chi connectivity index (χ2n) is 9.56. The van der Waals surface area contributed by atoms with Crippen LogP contribution in [0.3, 0.4) is 0 Å².